The molecule has 2 amide bonds. The molecule has 8 nitrogen and oxygen atoms in total. The fraction of sp³-hybridized carbons (Fsp3) is 0.276. The van der Waals surface area contributed by atoms with Crippen molar-refractivity contribution in [3.63, 3.8) is 0 Å². The number of rotatable bonds is 7. The fourth-order valence-electron chi connectivity index (χ4n) is 4.83. The van der Waals surface area contributed by atoms with Gasteiger partial charge in [0, 0.05) is 29.4 Å². The van der Waals surface area contributed by atoms with Crippen molar-refractivity contribution in [2.75, 3.05) is 11.4 Å². The van der Waals surface area contributed by atoms with E-state index >= 15 is 0 Å². The van der Waals surface area contributed by atoms with E-state index < -0.39 is 18.2 Å². The molecule has 2 aliphatic rings. The minimum absolute atomic E-state index is 0.0240. The Kier molecular flexibility index (Phi) is 7.35. The molecule has 0 unspecified atom stereocenters. The van der Waals surface area contributed by atoms with Crippen molar-refractivity contribution in [2.24, 2.45) is 10.9 Å². The number of benzodiazepines with no additional fused rings is 1. The number of Topliss-reactive ketones (excluding diaryl/α,β-unsaturated/α-hetero) is 1. The maximum Gasteiger partial charge on any atom is 0.409 e. The lowest BCUT2D eigenvalue weighted by Crippen LogP contribution is -2.49. The Labute approximate surface area is 215 Å². The smallest absolute Gasteiger partial charge is 0.409 e. The molecule has 0 spiro atoms. The molecule has 1 atom stereocenters. The summed E-state index contributed by atoms with van der Waals surface area (Å²) in [7, 11) is 0. The molecule has 1 aliphatic heterocycles. The number of hydrogen-bond donors (Lipinski definition) is 1. The Bertz CT molecular complexity index is 1300. The van der Waals surface area contributed by atoms with Gasteiger partial charge >= 0.3 is 6.09 Å². The van der Waals surface area contributed by atoms with E-state index in [0.29, 0.717) is 22.5 Å². The average Bonchev–Trinajstić information content (AvgIpc) is 3.46. The summed E-state index contributed by atoms with van der Waals surface area (Å²) in [6.07, 6.45) is 4.98. The van der Waals surface area contributed by atoms with E-state index in [0.717, 1.165) is 31.2 Å². The second-order valence-electron chi connectivity index (χ2n) is 9.22. The molecule has 1 aromatic heterocycles. The Morgan fingerprint density at radius 3 is 2.49 bits per heavy atom. The minimum atomic E-state index is -1.28. The highest BCUT2D eigenvalue weighted by molar-refractivity contribution is 6.20. The van der Waals surface area contributed by atoms with Crippen LogP contribution in [-0.2, 0) is 20.9 Å². The number of carbonyl (C=O) groups is 3. The molecule has 2 aromatic carbocycles. The number of hydrogen-bond acceptors (Lipinski definition) is 6. The number of aromatic nitrogens is 1. The maximum absolute atomic E-state index is 13.8. The van der Waals surface area contributed by atoms with E-state index in [1.54, 1.807) is 24.5 Å². The van der Waals surface area contributed by atoms with E-state index in [1.807, 2.05) is 54.6 Å². The van der Waals surface area contributed by atoms with Gasteiger partial charge in [-0.15, -0.1) is 0 Å². The molecule has 3 aromatic rings. The third-order valence-corrected chi connectivity index (χ3v) is 6.73. The fourth-order valence-corrected chi connectivity index (χ4v) is 4.83. The van der Waals surface area contributed by atoms with Crippen LogP contribution >= 0.6 is 0 Å². The number of carbonyl (C=O) groups excluding carboxylic acids is 3. The molecule has 188 valence electrons. The number of anilines is 1. The second kappa shape index (κ2) is 11.2. The molecule has 5 rings (SSSR count). The quantitative estimate of drug-likeness (QED) is 0.526. The first-order valence-electron chi connectivity index (χ1n) is 12.5. The van der Waals surface area contributed by atoms with Crippen LogP contribution in [0.2, 0.25) is 0 Å². The van der Waals surface area contributed by atoms with Gasteiger partial charge in [0.25, 0.3) is 5.91 Å². The standard InChI is InChI=1S/C29H28N4O4/c34-25(21-11-4-5-12-21)18-33-24-15-7-6-14-23(24)26(22-13-8-16-30-17-22)31-27(28(33)35)32-29(36)37-19-20-9-2-1-3-10-20/h1-3,6-10,13-17,21,27H,4-5,11-12,18-19H2,(H,32,36)/t27-/m1/s1. The van der Waals surface area contributed by atoms with Crippen LogP contribution in [0.1, 0.15) is 42.4 Å². The van der Waals surface area contributed by atoms with Crippen molar-refractivity contribution in [3.05, 3.63) is 95.8 Å². The number of nitrogens with one attached hydrogen (secondary N) is 1. The molecular formula is C29H28N4O4. The van der Waals surface area contributed by atoms with Crippen LogP contribution < -0.4 is 10.2 Å². The first kappa shape index (κ1) is 24.4. The minimum Gasteiger partial charge on any atom is -0.445 e. The summed E-state index contributed by atoms with van der Waals surface area (Å²) in [6.45, 7) is -0.0234. The van der Waals surface area contributed by atoms with E-state index in [-0.39, 0.29) is 24.9 Å². The Morgan fingerprint density at radius 2 is 1.73 bits per heavy atom. The third-order valence-electron chi connectivity index (χ3n) is 6.73. The number of nitrogens with zero attached hydrogens (tertiary/aromatic N) is 3. The largest absolute Gasteiger partial charge is 0.445 e. The summed E-state index contributed by atoms with van der Waals surface area (Å²) in [4.78, 5) is 50.1. The predicted molar refractivity (Wildman–Crippen MR) is 139 cm³/mol. The summed E-state index contributed by atoms with van der Waals surface area (Å²) < 4.78 is 5.37. The lowest BCUT2D eigenvalue weighted by atomic mass is 9.99. The summed E-state index contributed by atoms with van der Waals surface area (Å²) >= 11 is 0. The van der Waals surface area contributed by atoms with E-state index in [4.69, 9.17) is 4.74 Å². The highest BCUT2D eigenvalue weighted by Gasteiger charge is 2.36. The van der Waals surface area contributed by atoms with Gasteiger partial charge in [-0.2, -0.15) is 0 Å². The van der Waals surface area contributed by atoms with Crippen molar-refractivity contribution < 1.29 is 19.1 Å². The van der Waals surface area contributed by atoms with Crippen LogP contribution in [0.25, 0.3) is 0 Å². The van der Waals surface area contributed by atoms with Gasteiger partial charge in [0.15, 0.2) is 5.78 Å². The number of alkyl carbamates (subject to hydrolysis) is 1. The molecular weight excluding hydrogens is 468 g/mol. The monoisotopic (exact) mass is 496 g/mol. The number of pyridine rings is 1. The molecule has 0 saturated heterocycles. The summed E-state index contributed by atoms with van der Waals surface area (Å²) in [5.41, 5.74) is 3.27. The first-order valence-corrected chi connectivity index (χ1v) is 12.5. The molecule has 1 saturated carbocycles. The second-order valence-corrected chi connectivity index (χ2v) is 9.22. The van der Waals surface area contributed by atoms with Crippen LogP contribution in [0.3, 0.4) is 0 Å². The molecule has 37 heavy (non-hydrogen) atoms. The van der Waals surface area contributed by atoms with Gasteiger partial charge in [0.1, 0.15) is 6.61 Å². The third kappa shape index (κ3) is 5.58. The van der Waals surface area contributed by atoms with Gasteiger partial charge < -0.3 is 9.64 Å². The van der Waals surface area contributed by atoms with Gasteiger partial charge in [-0.25, -0.2) is 9.79 Å². The molecule has 0 radical (unpaired) electrons. The highest BCUT2D eigenvalue weighted by atomic mass is 16.5. The maximum atomic E-state index is 13.8. The van der Waals surface area contributed by atoms with Crippen molar-refractivity contribution >= 4 is 29.2 Å². The lowest BCUT2D eigenvalue weighted by Gasteiger charge is -2.26. The average molecular weight is 497 g/mol. The summed E-state index contributed by atoms with van der Waals surface area (Å²) in [6, 6.07) is 20.2. The summed E-state index contributed by atoms with van der Waals surface area (Å²) in [5, 5.41) is 2.61. The van der Waals surface area contributed by atoms with E-state index in [2.05, 4.69) is 15.3 Å². The topological polar surface area (TPSA) is 101 Å². The van der Waals surface area contributed by atoms with Gasteiger partial charge in [0.05, 0.1) is 17.9 Å². The summed E-state index contributed by atoms with van der Waals surface area (Å²) in [5.74, 6) is -0.519. The van der Waals surface area contributed by atoms with Gasteiger partial charge in [0.2, 0.25) is 6.17 Å². The van der Waals surface area contributed by atoms with Crippen LogP contribution in [0, 0.1) is 5.92 Å². The van der Waals surface area contributed by atoms with Gasteiger partial charge in [-0.3, -0.25) is 19.9 Å². The van der Waals surface area contributed by atoms with Crippen molar-refractivity contribution in [1.29, 1.82) is 0 Å². The molecule has 8 heteroatoms. The zero-order chi connectivity index (χ0) is 25.6. The number of fused-ring (bicyclic) bond motifs is 1. The number of para-hydroxylation sites is 1. The number of benzene rings is 2. The molecule has 1 N–H and O–H groups in total. The predicted octanol–water partition coefficient (Wildman–Crippen LogP) is 4.28. The van der Waals surface area contributed by atoms with Crippen LogP contribution in [-0.4, -0.2) is 41.2 Å². The number of aliphatic imine (C=N–C) groups is 1. The zero-order valence-corrected chi connectivity index (χ0v) is 20.4. The number of amides is 2. The Hall–Kier alpha value is -4.33. The highest BCUT2D eigenvalue weighted by Crippen LogP contribution is 2.30. The van der Waals surface area contributed by atoms with E-state index in [9.17, 15) is 14.4 Å². The lowest BCUT2D eigenvalue weighted by molar-refractivity contribution is -0.125. The van der Waals surface area contributed by atoms with Crippen molar-refractivity contribution in [2.45, 2.75) is 38.5 Å². The number of ketones is 1. The molecule has 2 heterocycles. The zero-order valence-electron chi connectivity index (χ0n) is 20.4. The molecule has 1 aliphatic carbocycles. The molecule has 0 bridgehead atoms. The van der Waals surface area contributed by atoms with Crippen LogP contribution in [0.15, 0.2) is 84.1 Å². The van der Waals surface area contributed by atoms with Gasteiger partial charge in [-0.1, -0.05) is 61.4 Å². The Morgan fingerprint density at radius 1 is 0.973 bits per heavy atom. The SMILES string of the molecule is O=C(N[C@H]1N=C(c2cccnc2)c2ccccc2N(CC(=O)C2CCCC2)C1=O)OCc1ccccc1. The van der Waals surface area contributed by atoms with E-state index in [1.165, 1.54) is 4.90 Å². The number of ether oxygens (including phenoxy) is 1. The van der Waals surface area contributed by atoms with Crippen LogP contribution in [0.5, 0.6) is 0 Å². The van der Waals surface area contributed by atoms with Crippen molar-refractivity contribution in [1.82, 2.24) is 10.3 Å². The molecule has 1 fully saturated rings. The van der Waals surface area contributed by atoms with Crippen molar-refractivity contribution in [3.8, 4) is 0 Å². The Balaban J connectivity index is 1.47. The first-order chi connectivity index (χ1) is 18.1. The van der Waals surface area contributed by atoms with Crippen LogP contribution in [0.4, 0.5) is 10.5 Å². The normalized spacial score (nSPS) is 17.5. The van der Waals surface area contributed by atoms with Gasteiger partial charge in [-0.05, 0) is 36.6 Å².